The summed E-state index contributed by atoms with van der Waals surface area (Å²) in [4.78, 5) is 5.27. The number of nitrogens with zero attached hydrogens (tertiary/aromatic N) is 2. The quantitative estimate of drug-likeness (QED) is 0.841. The highest BCUT2D eigenvalue weighted by Crippen LogP contribution is 2.38. The van der Waals surface area contributed by atoms with Gasteiger partial charge in [0, 0.05) is 12.6 Å². The third-order valence-corrected chi connectivity index (χ3v) is 5.77. The first-order chi connectivity index (χ1) is 9.69. The molecule has 1 aliphatic carbocycles. The first-order valence-corrected chi connectivity index (χ1v) is 8.82. The molecule has 1 atom stereocenters. The van der Waals surface area contributed by atoms with E-state index in [1.54, 1.807) is 0 Å². The van der Waals surface area contributed by atoms with Crippen molar-refractivity contribution in [3.63, 3.8) is 0 Å². The Balaban J connectivity index is 1.89. The van der Waals surface area contributed by atoms with Gasteiger partial charge in [0.05, 0.1) is 0 Å². The van der Waals surface area contributed by atoms with Gasteiger partial charge in [0.25, 0.3) is 0 Å². The molecule has 1 saturated heterocycles. The molecule has 0 aromatic carbocycles. The van der Waals surface area contributed by atoms with Crippen LogP contribution in [0.1, 0.15) is 58.3 Å². The summed E-state index contributed by atoms with van der Waals surface area (Å²) >= 11 is 0. The van der Waals surface area contributed by atoms with Crippen LogP contribution in [0.2, 0.25) is 0 Å². The van der Waals surface area contributed by atoms with Gasteiger partial charge in [-0.05, 0) is 70.7 Å². The largest absolute Gasteiger partial charge is 0.330 e. The number of hydrogen-bond acceptors (Lipinski definition) is 3. The Morgan fingerprint density at radius 3 is 2.50 bits per heavy atom. The highest BCUT2D eigenvalue weighted by atomic mass is 15.2. The van der Waals surface area contributed by atoms with Crippen LogP contribution >= 0.6 is 0 Å². The molecule has 0 spiro atoms. The molecule has 20 heavy (non-hydrogen) atoms. The van der Waals surface area contributed by atoms with E-state index in [2.05, 4.69) is 23.8 Å². The van der Waals surface area contributed by atoms with Gasteiger partial charge < -0.3 is 10.6 Å². The van der Waals surface area contributed by atoms with Gasteiger partial charge in [-0.15, -0.1) is 0 Å². The number of rotatable bonds is 5. The maximum atomic E-state index is 6.15. The Labute approximate surface area is 125 Å². The van der Waals surface area contributed by atoms with Crippen molar-refractivity contribution in [2.45, 2.75) is 64.3 Å². The third-order valence-electron chi connectivity index (χ3n) is 5.77. The van der Waals surface area contributed by atoms with Crippen LogP contribution in [0, 0.1) is 5.41 Å². The van der Waals surface area contributed by atoms with Gasteiger partial charge in [-0.1, -0.05) is 26.2 Å². The fourth-order valence-corrected chi connectivity index (χ4v) is 4.21. The molecular weight excluding hydrogens is 246 g/mol. The summed E-state index contributed by atoms with van der Waals surface area (Å²) in [5.74, 6) is 0. The van der Waals surface area contributed by atoms with Gasteiger partial charge >= 0.3 is 0 Å². The predicted molar refractivity (Wildman–Crippen MR) is 87.0 cm³/mol. The van der Waals surface area contributed by atoms with E-state index in [0.29, 0.717) is 5.41 Å². The molecule has 118 valence electrons. The second kappa shape index (κ2) is 7.77. The molecule has 1 unspecified atom stereocenters. The molecular formula is C17H35N3. The maximum absolute atomic E-state index is 6.15. The molecule has 2 fully saturated rings. The highest BCUT2D eigenvalue weighted by molar-refractivity contribution is 4.86. The normalized spacial score (nSPS) is 29.2. The lowest BCUT2D eigenvalue weighted by Gasteiger charge is -2.39. The minimum Gasteiger partial charge on any atom is -0.330 e. The molecule has 2 rings (SSSR count). The summed E-state index contributed by atoms with van der Waals surface area (Å²) in [5, 5.41) is 0. The molecule has 0 amide bonds. The molecule has 3 nitrogen and oxygen atoms in total. The molecule has 2 aliphatic rings. The second-order valence-corrected chi connectivity index (χ2v) is 7.23. The molecule has 0 bridgehead atoms. The van der Waals surface area contributed by atoms with Crippen LogP contribution in [0.5, 0.6) is 0 Å². The second-order valence-electron chi connectivity index (χ2n) is 7.23. The zero-order valence-electron chi connectivity index (χ0n) is 13.7. The van der Waals surface area contributed by atoms with E-state index in [0.717, 1.165) is 12.6 Å². The number of hydrogen-bond donors (Lipinski definition) is 1. The zero-order chi connectivity index (χ0) is 14.4. The van der Waals surface area contributed by atoms with Crippen molar-refractivity contribution in [3.05, 3.63) is 0 Å². The lowest BCUT2D eigenvalue weighted by Crippen LogP contribution is -2.43. The fraction of sp³-hybridized carbons (Fsp3) is 1.00. The Morgan fingerprint density at radius 2 is 1.85 bits per heavy atom. The summed E-state index contributed by atoms with van der Waals surface area (Å²) < 4.78 is 0. The van der Waals surface area contributed by atoms with Crippen LogP contribution < -0.4 is 5.73 Å². The Hall–Kier alpha value is -0.120. The lowest BCUT2D eigenvalue weighted by molar-refractivity contribution is 0.120. The van der Waals surface area contributed by atoms with E-state index in [9.17, 15) is 0 Å². The van der Waals surface area contributed by atoms with Crippen molar-refractivity contribution in [1.82, 2.24) is 9.80 Å². The van der Waals surface area contributed by atoms with Gasteiger partial charge in [-0.3, -0.25) is 4.90 Å². The number of likely N-dealkylation sites (N-methyl/N-ethyl adjacent to an activating group) is 1. The van der Waals surface area contributed by atoms with Crippen LogP contribution in [0.3, 0.4) is 0 Å². The summed E-state index contributed by atoms with van der Waals surface area (Å²) in [5.41, 5.74) is 6.61. The Morgan fingerprint density at radius 1 is 1.10 bits per heavy atom. The summed E-state index contributed by atoms with van der Waals surface area (Å²) in [6, 6.07) is 0.751. The SMILES string of the molecule is CCC1CN(C)CCCN1CCC1(CN)CCCCC1. The minimum atomic E-state index is 0.467. The van der Waals surface area contributed by atoms with Crippen molar-refractivity contribution in [1.29, 1.82) is 0 Å². The van der Waals surface area contributed by atoms with Crippen LogP contribution in [0.4, 0.5) is 0 Å². The summed E-state index contributed by atoms with van der Waals surface area (Å²) in [6.45, 7) is 8.29. The fourth-order valence-electron chi connectivity index (χ4n) is 4.21. The Kier molecular flexibility index (Phi) is 6.31. The average molecular weight is 281 g/mol. The topological polar surface area (TPSA) is 32.5 Å². The first-order valence-electron chi connectivity index (χ1n) is 8.82. The lowest BCUT2D eigenvalue weighted by atomic mass is 9.72. The van der Waals surface area contributed by atoms with Crippen molar-refractivity contribution in [2.75, 3.05) is 39.8 Å². The van der Waals surface area contributed by atoms with Crippen LogP contribution in [-0.2, 0) is 0 Å². The van der Waals surface area contributed by atoms with E-state index in [1.807, 2.05) is 0 Å². The minimum absolute atomic E-state index is 0.467. The maximum Gasteiger partial charge on any atom is 0.0220 e. The van der Waals surface area contributed by atoms with Crippen molar-refractivity contribution in [3.8, 4) is 0 Å². The van der Waals surface area contributed by atoms with E-state index in [-0.39, 0.29) is 0 Å². The molecule has 0 aromatic heterocycles. The van der Waals surface area contributed by atoms with Gasteiger partial charge in [0.2, 0.25) is 0 Å². The molecule has 1 aliphatic heterocycles. The number of nitrogens with two attached hydrogens (primary N) is 1. The Bertz CT molecular complexity index is 273. The van der Waals surface area contributed by atoms with Gasteiger partial charge in [0.15, 0.2) is 0 Å². The molecule has 0 radical (unpaired) electrons. The van der Waals surface area contributed by atoms with E-state index < -0.39 is 0 Å². The van der Waals surface area contributed by atoms with Crippen LogP contribution in [0.25, 0.3) is 0 Å². The van der Waals surface area contributed by atoms with Gasteiger partial charge in [-0.2, -0.15) is 0 Å². The molecule has 0 aromatic rings. The monoisotopic (exact) mass is 281 g/mol. The zero-order valence-corrected chi connectivity index (χ0v) is 13.7. The third kappa shape index (κ3) is 4.19. The molecule has 1 heterocycles. The predicted octanol–water partition coefficient (Wildman–Crippen LogP) is 2.70. The van der Waals surface area contributed by atoms with Gasteiger partial charge in [-0.25, -0.2) is 0 Å². The smallest absolute Gasteiger partial charge is 0.0220 e. The summed E-state index contributed by atoms with van der Waals surface area (Å²) in [6.07, 6.45) is 10.9. The van der Waals surface area contributed by atoms with Crippen molar-refractivity contribution >= 4 is 0 Å². The van der Waals surface area contributed by atoms with Crippen LogP contribution in [0.15, 0.2) is 0 Å². The summed E-state index contributed by atoms with van der Waals surface area (Å²) in [7, 11) is 2.27. The molecule has 1 saturated carbocycles. The highest BCUT2D eigenvalue weighted by Gasteiger charge is 2.32. The van der Waals surface area contributed by atoms with Crippen molar-refractivity contribution < 1.29 is 0 Å². The molecule has 2 N–H and O–H groups in total. The van der Waals surface area contributed by atoms with E-state index >= 15 is 0 Å². The first kappa shape index (κ1) is 16.3. The van der Waals surface area contributed by atoms with Crippen molar-refractivity contribution in [2.24, 2.45) is 11.1 Å². The van der Waals surface area contributed by atoms with Gasteiger partial charge in [0.1, 0.15) is 0 Å². The van der Waals surface area contributed by atoms with E-state index in [4.69, 9.17) is 5.73 Å². The average Bonchev–Trinajstić information content (AvgIpc) is 2.67. The van der Waals surface area contributed by atoms with E-state index in [1.165, 1.54) is 77.5 Å². The molecule has 3 heteroatoms. The van der Waals surface area contributed by atoms with Crippen LogP contribution in [-0.4, -0.2) is 55.6 Å². The standard InChI is InChI=1S/C17H35N3/c1-3-16-14-19(2)11-7-12-20(16)13-10-17(15-18)8-5-4-6-9-17/h16H,3-15,18H2,1-2H3.